The molecule has 0 saturated heterocycles. The van der Waals surface area contributed by atoms with Crippen LogP contribution >= 0.6 is 0 Å². The van der Waals surface area contributed by atoms with Crippen LogP contribution in [-0.2, 0) is 19.5 Å². The fourth-order valence-corrected chi connectivity index (χ4v) is 2.49. The molecule has 24 heavy (non-hydrogen) atoms. The van der Waals surface area contributed by atoms with E-state index in [-0.39, 0.29) is 5.91 Å². The molecule has 0 atom stereocenters. The van der Waals surface area contributed by atoms with E-state index in [0.717, 1.165) is 24.1 Å². The quantitative estimate of drug-likeness (QED) is 0.850. The number of benzene rings is 1. The average Bonchev–Trinajstić information content (AvgIpc) is 2.99. The third-order valence-electron chi connectivity index (χ3n) is 4.00. The van der Waals surface area contributed by atoms with Gasteiger partial charge in [0.1, 0.15) is 0 Å². The van der Waals surface area contributed by atoms with E-state index in [1.807, 2.05) is 42.1 Å². The molecule has 5 nitrogen and oxygen atoms in total. The molecule has 1 amide bonds. The van der Waals surface area contributed by atoms with Crippen LogP contribution in [0.4, 0.5) is 0 Å². The van der Waals surface area contributed by atoms with Crippen molar-refractivity contribution < 1.29 is 9.90 Å². The highest BCUT2D eigenvalue weighted by atomic mass is 16.3. The first-order valence-corrected chi connectivity index (χ1v) is 8.36. The van der Waals surface area contributed by atoms with Crippen LogP contribution in [0.3, 0.4) is 0 Å². The number of nitrogens with zero attached hydrogens (tertiary/aromatic N) is 3. The molecule has 0 saturated carbocycles. The standard InChI is InChI=1S/C19H27N3O2/c1-5-22-14-16(12-20-22)13-21(4)18(23)17-8-6-15(7-9-17)10-11-19(2,3)24/h6-9,12,14,24H,5,10-11,13H2,1-4H3. The zero-order valence-electron chi connectivity index (χ0n) is 15.0. The highest BCUT2D eigenvalue weighted by molar-refractivity contribution is 5.94. The van der Waals surface area contributed by atoms with Crippen LogP contribution in [0.5, 0.6) is 0 Å². The Morgan fingerprint density at radius 3 is 2.46 bits per heavy atom. The Kier molecular flexibility index (Phi) is 5.78. The lowest BCUT2D eigenvalue weighted by molar-refractivity contribution is 0.0713. The highest BCUT2D eigenvalue weighted by Crippen LogP contribution is 2.15. The molecule has 0 spiro atoms. The second kappa shape index (κ2) is 7.62. The number of rotatable bonds is 7. The Hall–Kier alpha value is -2.14. The maximum atomic E-state index is 12.5. The summed E-state index contributed by atoms with van der Waals surface area (Å²) in [5.74, 6) is -0.00622. The van der Waals surface area contributed by atoms with Crippen LogP contribution in [0.25, 0.3) is 0 Å². The van der Waals surface area contributed by atoms with E-state index in [0.29, 0.717) is 18.5 Å². The van der Waals surface area contributed by atoms with Gasteiger partial charge in [-0.1, -0.05) is 12.1 Å². The first kappa shape index (κ1) is 18.2. The molecule has 2 aromatic rings. The van der Waals surface area contributed by atoms with Gasteiger partial charge in [0.2, 0.25) is 0 Å². The molecular weight excluding hydrogens is 302 g/mol. The van der Waals surface area contributed by atoms with Gasteiger partial charge in [0.25, 0.3) is 5.91 Å². The summed E-state index contributed by atoms with van der Waals surface area (Å²) >= 11 is 0. The predicted octanol–water partition coefficient (Wildman–Crippen LogP) is 2.88. The molecule has 1 aromatic heterocycles. The van der Waals surface area contributed by atoms with Crippen molar-refractivity contribution >= 4 is 5.91 Å². The summed E-state index contributed by atoms with van der Waals surface area (Å²) in [6.07, 6.45) is 5.25. The smallest absolute Gasteiger partial charge is 0.253 e. The predicted molar refractivity (Wildman–Crippen MR) is 94.8 cm³/mol. The lowest BCUT2D eigenvalue weighted by Crippen LogP contribution is -2.26. The van der Waals surface area contributed by atoms with Crippen molar-refractivity contribution in [3.8, 4) is 0 Å². The van der Waals surface area contributed by atoms with Gasteiger partial charge in [-0.25, -0.2) is 0 Å². The largest absolute Gasteiger partial charge is 0.390 e. The van der Waals surface area contributed by atoms with E-state index in [2.05, 4.69) is 5.10 Å². The second-order valence-corrected chi connectivity index (χ2v) is 6.87. The fraction of sp³-hybridized carbons (Fsp3) is 0.474. The minimum Gasteiger partial charge on any atom is -0.390 e. The second-order valence-electron chi connectivity index (χ2n) is 6.87. The Labute approximate surface area is 143 Å². The molecule has 0 aliphatic carbocycles. The average molecular weight is 329 g/mol. The van der Waals surface area contributed by atoms with Crippen LogP contribution in [-0.4, -0.2) is 38.3 Å². The van der Waals surface area contributed by atoms with Crippen molar-refractivity contribution in [3.05, 3.63) is 53.3 Å². The van der Waals surface area contributed by atoms with Crippen molar-refractivity contribution in [2.75, 3.05) is 7.05 Å². The Morgan fingerprint density at radius 2 is 1.92 bits per heavy atom. The first-order valence-electron chi connectivity index (χ1n) is 8.36. The van der Waals surface area contributed by atoms with Crippen LogP contribution in [0.2, 0.25) is 0 Å². The number of amides is 1. The van der Waals surface area contributed by atoms with Gasteiger partial charge in [-0.3, -0.25) is 9.48 Å². The molecule has 0 aliphatic heterocycles. The van der Waals surface area contributed by atoms with Crippen molar-refractivity contribution in [1.82, 2.24) is 14.7 Å². The number of carbonyl (C=O) groups excluding carboxylic acids is 1. The summed E-state index contributed by atoms with van der Waals surface area (Å²) in [6.45, 7) is 7.01. The first-order chi connectivity index (χ1) is 11.3. The molecule has 0 aliphatic rings. The number of carbonyl (C=O) groups is 1. The van der Waals surface area contributed by atoms with Gasteiger partial charge >= 0.3 is 0 Å². The Balaban J connectivity index is 1.95. The lowest BCUT2D eigenvalue weighted by atomic mass is 9.98. The molecule has 0 radical (unpaired) electrons. The van der Waals surface area contributed by atoms with Crippen molar-refractivity contribution in [2.45, 2.75) is 52.3 Å². The number of aryl methyl sites for hydroxylation is 2. The molecule has 0 fully saturated rings. The van der Waals surface area contributed by atoms with Crippen molar-refractivity contribution in [1.29, 1.82) is 0 Å². The van der Waals surface area contributed by atoms with Crippen LogP contribution in [0.15, 0.2) is 36.7 Å². The van der Waals surface area contributed by atoms with E-state index < -0.39 is 5.60 Å². The van der Waals surface area contributed by atoms with E-state index in [4.69, 9.17) is 0 Å². The van der Waals surface area contributed by atoms with Gasteiger partial charge in [-0.2, -0.15) is 5.10 Å². The monoisotopic (exact) mass is 329 g/mol. The molecular formula is C19H27N3O2. The summed E-state index contributed by atoms with van der Waals surface area (Å²) in [5, 5.41) is 14.0. The van der Waals surface area contributed by atoms with Crippen LogP contribution in [0, 0.1) is 0 Å². The lowest BCUT2D eigenvalue weighted by Gasteiger charge is -2.18. The zero-order valence-corrected chi connectivity index (χ0v) is 15.0. The fourth-order valence-electron chi connectivity index (χ4n) is 2.49. The van der Waals surface area contributed by atoms with Gasteiger partial charge in [0.15, 0.2) is 0 Å². The number of aromatic nitrogens is 2. The zero-order chi connectivity index (χ0) is 17.7. The van der Waals surface area contributed by atoms with Gasteiger partial charge < -0.3 is 10.0 Å². The Morgan fingerprint density at radius 1 is 1.25 bits per heavy atom. The molecule has 2 rings (SSSR count). The van der Waals surface area contributed by atoms with Crippen LogP contribution in [0.1, 0.15) is 48.7 Å². The van der Waals surface area contributed by atoms with Gasteiger partial charge in [-0.05, 0) is 51.3 Å². The summed E-state index contributed by atoms with van der Waals surface area (Å²) in [7, 11) is 1.80. The summed E-state index contributed by atoms with van der Waals surface area (Å²) < 4.78 is 1.85. The normalized spacial score (nSPS) is 11.5. The molecule has 5 heteroatoms. The molecule has 1 N–H and O–H groups in total. The highest BCUT2D eigenvalue weighted by Gasteiger charge is 2.14. The van der Waals surface area contributed by atoms with E-state index in [1.54, 1.807) is 32.0 Å². The molecule has 130 valence electrons. The van der Waals surface area contributed by atoms with Crippen molar-refractivity contribution in [3.63, 3.8) is 0 Å². The third kappa shape index (κ3) is 5.20. The molecule has 1 heterocycles. The number of aliphatic hydroxyl groups is 1. The summed E-state index contributed by atoms with van der Waals surface area (Å²) in [4.78, 5) is 14.2. The van der Waals surface area contributed by atoms with E-state index >= 15 is 0 Å². The third-order valence-corrected chi connectivity index (χ3v) is 4.00. The number of hydrogen-bond donors (Lipinski definition) is 1. The minimum absolute atomic E-state index is 0.00622. The van der Waals surface area contributed by atoms with Crippen LogP contribution < -0.4 is 0 Å². The Bertz CT molecular complexity index is 669. The van der Waals surface area contributed by atoms with Gasteiger partial charge in [0.05, 0.1) is 11.8 Å². The van der Waals surface area contributed by atoms with Gasteiger partial charge in [-0.15, -0.1) is 0 Å². The maximum Gasteiger partial charge on any atom is 0.253 e. The summed E-state index contributed by atoms with van der Waals surface area (Å²) in [5.41, 5.74) is 2.15. The minimum atomic E-state index is -0.669. The molecule has 0 bridgehead atoms. The molecule has 0 unspecified atom stereocenters. The topological polar surface area (TPSA) is 58.4 Å². The number of hydrogen-bond acceptors (Lipinski definition) is 3. The molecule has 1 aromatic carbocycles. The van der Waals surface area contributed by atoms with E-state index in [9.17, 15) is 9.90 Å². The van der Waals surface area contributed by atoms with Gasteiger partial charge in [0, 0.05) is 37.5 Å². The van der Waals surface area contributed by atoms with E-state index in [1.165, 1.54) is 0 Å². The van der Waals surface area contributed by atoms with Crippen molar-refractivity contribution in [2.24, 2.45) is 0 Å². The maximum absolute atomic E-state index is 12.5. The summed E-state index contributed by atoms with van der Waals surface area (Å²) in [6, 6.07) is 7.63. The SMILES string of the molecule is CCn1cc(CN(C)C(=O)c2ccc(CCC(C)(C)O)cc2)cn1.